The number of nitrogens with two attached hydrogens (primary N) is 1. The van der Waals surface area contributed by atoms with Gasteiger partial charge in [-0.2, -0.15) is 0 Å². The first-order valence-electron chi connectivity index (χ1n) is 4.66. The van der Waals surface area contributed by atoms with Crippen LogP contribution in [0.2, 0.25) is 5.22 Å². The molecule has 0 fully saturated rings. The molecule has 0 bridgehead atoms. The minimum atomic E-state index is -0.429. The molecule has 0 saturated carbocycles. The van der Waals surface area contributed by atoms with Gasteiger partial charge in [-0.3, -0.25) is 4.79 Å². The van der Waals surface area contributed by atoms with Gasteiger partial charge >= 0.3 is 0 Å². The summed E-state index contributed by atoms with van der Waals surface area (Å²) >= 11 is 10.4. The number of hydrogen-bond donors (Lipinski definition) is 2. The average Bonchev–Trinajstić information content (AvgIpc) is 2.61. The van der Waals surface area contributed by atoms with Gasteiger partial charge in [0.25, 0.3) is 5.91 Å². The highest BCUT2D eigenvalue weighted by Gasteiger charge is 2.23. The van der Waals surface area contributed by atoms with Gasteiger partial charge in [0.15, 0.2) is 11.0 Å². The number of nitrogens with one attached hydrogen (secondary N) is 1. The fourth-order valence-corrected chi connectivity index (χ4v) is 1.13. The first-order valence-corrected chi connectivity index (χ1v) is 5.45. The summed E-state index contributed by atoms with van der Waals surface area (Å²) in [5.41, 5.74) is 5.11. The number of halogens is 1. The van der Waals surface area contributed by atoms with E-state index < -0.39 is 5.41 Å². The molecule has 0 atom stereocenters. The second-order valence-corrected chi connectivity index (χ2v) is 4.85. The number of thiocarbonyl (C=S) groups is 1. The lowest BCUT2D eigenvalue weighted by atomic mass is 9.93. The fourth-order valence-electron chi connectivity index (χ4n) is 0.912. The summed E-state index contributed by atoms with van der Waals surface area (Å²) in [7, 11) is 0. The van der Waals surface area contributed by atoms with Crippen molar-refractivity contribution in [2.45, 2.75) is 13.8 Å². The Morgan fingerprint density at radius 3 is 2.69 bits per heavy atom. The van der Waals surface area contributed by atoms with Gasteiger partial charge in [0.05, 0.1) is 4.99 Å². The van der Waals surface area contributed by atoms with Crippen LogP contribution in [0.1, 0.15) is 24.4 Å². The largest absolute Gasteiger partial charge is 0.440 e. The van der Waals surface area contributed by atoms with Crippen LogP contribution in [0.4, 0.5) is 0 Å². The first kappa shape index (κ1) is 13.0. The molecule has 16 heavy (non-hydrogen) atoms. The predicted octanol–water partition coefficient (Wildman–Crippen LogP) is 1.98. The van der Waals surface area contributed by atoms with Crippen molar-refractivity contribution in [3.63, 3.8) is 0 Å². The molecule has 0 aliphatic carbocycles. The Bertz CT molecular complexity index is 415. The van der Waals surface area contributed by atoms with E-state index in [1.807, 2.05) is 13.8 Å². The molecule has 3 N–H and O–H groups in total. The molecule has 88 valence electrons. The topological polar surface area (TPSA) is 68.3 Å². The molecule has 4 nitrogen and oxygen atoms in total. The van der Waals surface area contributed by atoms with Gasteiger partial charge in [0.2, 0.25) is 0 Å². The summed E-state index contributed by atoms with van der Waals surface area (Å²) in [5.74, 6) is -0.167. The van der Waals surface area contributed by atoms with Crippen molar-refractivity contribution in [3.8, 4) is 0 Å². The molecule has 0 saturated heterocycles. The average molecular weight is 261 g/mol. The molecule has 0 spiro atoms. The molecule has 0 aliphatic heterocycles. The maximum absolute atomic E-state index is 11.6. The first-order chi connectivity index (χ1) is 7.33. The van der Waals surface area contributed by atoms with Crippen molar-refractivity contribution >= 4 is 34.7 Å². The van der Waals surface area contributed by atoms with Crippen LogP contribution < -0.4 is 11.1 Å². The second kappa shape index (κ2) is 4.84. The van der Waals surface area contributed by atoms with Crippen molar-refractivity contribution in [2.24, 2.45) is 11.1 Å². The van der Waals surface area contributed by atoms with Crippen LogP contribution in [-0.2, 0) is 0 Å². The monoisotopic (exact) mass is 260 g/mol. The van der Waals surface area contributed by atoms with Crippen LogP contribution >= 0.6 is 23.8 Å². The van der Waals surface area contributed by atoms with Crippen molar-refractivity contribution in [1.29, 1.82) is 0 Å². The van der Waals surface area contributed by atoms with Gasteiger partial charge in [-0.1, -0.05) is 26.1 Å². The summed E-state index contributed by atoms with van der Waals surface area (Å²) in [6.07, 6.45) is 0. The van der Waals surface area contributed by atoms with Crippen LogP contribution in [0.5, 0.6) is 0 Å². The Balaban J connectivity index is 2.57. The van der Waals surface area contributed by atoms with E-state index in [1.165, 1.54) is 12.1 Å². The smallest absolute Gasteiger partial charge is 0.287 e. The van der Waals surface area contributed by atoms with Crippen LogP contribution in [-0.4, -0.2) is 17.4 Å². The van der Waals surface area contributed by atoms with Gasteiger partial charge in [-0.25, -0.2) is 0 Å². The molecule has 1 amide bonds. The van der Waals surface area contributed by atoms with E-state index in [9.17, 15) is 4.79 Å². The van der Waals surface area contributed by atoms with E-state index in [0.717, 1.165) is 0 Å². The molecule has 0 radical (unpaired) electrons. The van der Waals surface area contributed by atoms with Crippen LogP contribution in [0.15, 0.2) is 16.5 Å². The summed E-state index contributed by atoms with van der Waals surface area (Å²) in [4.78, 5) is 11.9. The highest BCUT2D eigenvalue weighted by Crippen LogP contribution is 2.15. The summed E-state index contributed by atoms with van der Waals surface area (Å²) in [6, 6.07) is 3.01. The van der Waals surface area contributed by atoms with Crippen molar-refractivity contribution in [1.82, 2.24) is 5.32 Å². The normalized spacial score (nSPS) is 11.2. The highest BCUT2D eigenvalue weighted by atomic mass is 35.5. The lowest BCUT2D eigenvalue weighted by molar-refractivity contribution is 0.0917. The minimum Gasteiger partial charge on any atom is -0.440 e. The number of carbonyl (C=O) groups excluding carboxylic acids is 1. The molecule has 1 heterocycles. The second-order valence-electron chi connectivity index (χ2n) is 4.03. The zero-order valence-electron chi connectivity index (χ0n) is 9.04. The molecule has 0 unspecified atom stereocenters. The van der Waals surface area contributed by atoms with Crippen LogP contribution in [0.3, 0.4) is 0 Å². The summed E-state index contributed by atoms with van der Waals surface area (Å²) in [5, 5.41) is 2.85. The summed E-state index contributed by atoms with van der Waals surface area (Å²) in [6.45, 7) is 4.05. The van der Waals surface area contributed by atoms with E-state index in [0.29, 0.717) is 11.5 Å². The van der Waals surface area contributed by atoms with Crippen molar-refractivity contribution in [3.05, 3.63) is 23.1 Å². The van der Waals surface area contributed by atoms with E-state index in [-0.39, 0.29) is 16.9 Å². The minimum absolute atomic E-state index is 0.170. The van der Waals surface area contributed by atoms with Crippen molar-refractivity contribution in [2.75, 3.05) is 6.54 Å². The third-order valence-electron chi connectivity index (χ3n) is 2.15. The van der Waals surface area contributed by atoms with Crippen molar-refractivity contribution < 1.29 is 9.21 Å². The van der Waals surface area contributed by atoms with E-state index >= 15 is 0 Å². The molecular weight excluding hydrogens is 248 g/mol. The highest BCUT2D eigenvalue weighted by molar-refractivity contribution is 7.80. The molecule has 1 aromatic rings. The Morgan fingerprint density at radius 2 is 2.25 bits per heavy atom. The fraction of sp³-hybridized carbons (Fsp3) is 0.400. The van der Waals surface area contributed by atoms with Gasteiger partial charge in [-0.05, 0) is 23.7 Å². The Labute approximate surface area is 104 Å². The molecule has 0 aromatic carbocycles. The van der Waals surface area contributed by atoms with Gasteiger partial charge in [0.1, 0.15) is 0 Å². The van der Waals surface area contributed by atoms with Crippen LogP contribution in [0.25, 0.3) is 0 Å². The standard InChI is InChI=1S/C10H13ClN2O2S/c1-10(2,9(12)16)5-13-8(14)6-3-4-7(11)15-6/h3-4H,5H2,1-2H3,(H2,12,16)(H,13,14). The predicted molar refractivity (Wildman–Crippen MR) is 66.6 cm³/mol. The Kier molecular flexibility index (Phi) is 3.93. The summed E-state index contributed by atoms with van der Waals surface area (Å²) < 4.78 is 4.96. The Hall–Kier alpha value is -1.07. The lowest BCUT2D eigenvalue weighted by Gasteiger charge is -2.22. The van der Waals surface area contributed by atoms with Crippen LogP contribution in [0, 0.1) is 5.41 Å². The van der Waals surface area contributed by atoms with Gasteiger partial charge in [0, 0.05) is 12.0 Å². The molecule has 1 aromatic heterocycles. The SMILES string of the molecule is CC(C)(CNC(=O)c1ccc(Cl)o1)C(N)=S. The number of carbonyl (C=O) groups is 1. The van der Waals surface area contributed by atoms with E-state index in [2.05, 4.69) is 5.32 Å². The third kappa shape index (κ3) is 3.21. The zero-order chi connectivity index (χ0) is 12.3. The Morgan fingerprint density at radius 1 is 1.62 bits per heavy atom. The number of amides is 1. The maximum Gasteiger partial charge on any atom is 0.287 e. The molecular formula is C10H13ClN2O2S. The molecule has 0 aliphatic rings. The number of hydrogen-bond acceptors (Lipinski definition) is 3. The molecule has 6 heteroatoms. The zero-order valence-corrected chi connectivity index (χ0v) is 10.6. The molecule has 1 rings (SSSR count). The number of furan rings is 1. The lowest BCUT2D eigenvalue weighted by Crippen LogP contribution is -2.41. The number of rotatable bonds is 4. The third-order valence-corrected chi connectivity index (χ3v) is 2.91. The van der Waals surface area contributed by atoms with Gasteiger partial charge < -0.3 is 15.5 Å². The maximum atomic E-state index is 11.6. The van der Waals surface area contributed by atoms with E-state index in [1.54, 1.807) is 0 Å². The quantitative estimate of drug-likeness (QED) is 0.813. The van der Waals surface area contributed by atoms with Gasteiger partial charge in [-0.15, -0.1) is 0 Å². The van der Waals surface area contributed by atoms with E-state index in [4.69, 9.17) is 34.0 Å².